The van der Waals surface area contributed by atoms with Crippen molar-refractivity contribution < 1.29 is 40.0 Å². The van der Waals surface area contributed by atoms with Crippen molar-refractivity contribution in [2.24, 2.45) is 0 Å². The van der Waals surface area contributed by atoms with Gasteiger partial charge in [0.2, 0.25) is 0 Å². The van der Waals surface area contributed by atoms with Crippen LogP contribution in [-0.4, -0.2) is 31.1 Å². The van der Waals surface area contributed by atoms with Crippen LogP contribution in [0.4, 0.5) is 27.6 Å². The number of anilines is 1. The van der Waals surface area contributed by atoms with E-state index in [0.29, 0.717) is 22.2 Å². The zero-order valence-corrected chi connectivity index (χ0v) is 26.7. The van der Waals surface area contributed by atoms with E-state index in [4.69, 9.17) is 11.6 Å². The molecule has 0 fully saturated rings. The molecule has 5 rings (SSSR count). The highest BCUT2D eigenvalue weighted by atomic mass is 79.9. The minimum Gasteiger partial charge on any atom is -0.322 e. The first kappa shape index (κ1) is 33.3. The van der Waals surface area contributed by atoms with Gasteiger partial charge in [0.1, 0.15) is 23.3 Å². The molecule has 1 N–H and O–H groups in total. The molecule has 1 aliphatic heterocycles. The summed E-state index contributed by atoms with van der Waals surface area (Å²) in [6.45, 7) is 1.26. The zero-order chi connectivity index (χ0) is 33.6. The van der Waals surface area contributed by atoms with Crippen LogP contribution in [0, 0.1) is 18.6 Å². The first-order valence-corrected chi connectivity index (χ1v) is 16.0. The number of alkyl halides is 3. The van der Waals surface area contributed by atoms with Crippen molar-refractivity contribution in [3.63, 3.8) is 0 Å². The summed E-state index contributed by atoms with van der Waals surface area (Å²) in [6.07, 6.45) is -5.26. The van der Waals surface area contributed by atoms with Gasteiger partial charge in [0.05, 0.1) is 10.5 Å². The first-order chi connectivity index (χ1) is 21.6. The second-order valence-corrected chi connectivity index (χ2v) is 13.7. The summed E-state index contributed by atoms with van der Waals surface area (Å²) in [7, 11) is -4.41. The van der Waals surface area contributed by atoms with E-state index in [2.05, 4.69) is 21.2 Å². The number of hydrogen-bond donors (Lipinski definition) is 1. The number of aryl methyl sites for hydroxylation is 1. The Morgan fingerprint density at radius 3 is 2.35 bits per heavy atom. The fourth-order valence-corrected chi connectivity index (χ4v) is 7.48. The minimum atomic E-state index is -4.94. The largest absolute Gasteiger partial charge is 0.416 e. The molecule has 1 amide bonds. The molecule has 0 saturated carbocycles. The molecule has 1 heterocycles. The number of benzene rings is 4. The maximum absolute atomic E-state index is 14.7. The Bertz CT molecular complexity index is 2030. The zero-order valence-electron chi connectivity index (χ0n) is 23.6. The van der Waals surface area contributed by atoms with Gasteiger partial charge in [-0.3, -0.25) is 9.10 Å². The SMILES string of the molecule is Cc1ccc(S(=O)(=O)N2CC(c3cc(F)ccc3Cl)c3c(cc(Br)cc3NC(=O)c3cc(F)cc(C(F)(F)F)c3)CC2=C=O)cc1. The summed E-state index contributed by atoms with van der Waals surface area (Å²) in [5.74, 6) is -2.55. The van der Waals surface area contributed by atoms with E-state index >= 15 is 0 Å². The molecule has 0 bridgehead atoms. The van der Waals surface area contributed by atoms with Crippen LogP contribution in [0.1, 0.15) is 44.1 Å². The number of amides is 1. The molecule has 4 aromatic carbocycles. The van der Waals surface area contributed by atoms with Crippen LogP contribution >= 0.6 is 27.5 Å². The number of sulfonamides is 1. The first-order valence-electron chi connectivity index (χ1n) is 13.4. The van der Waals surface area contributed by atoms with Crippen molar-refractivity contribution in [2.45, 2.75) is 30.3 Å². The van der Waals surface area contributed by atoms with Gasteiger partial charge >= 0.3 is 6.18 Å². The maximum atomic E-state index is 14.7. The average Bonchev–Trinajstić information content (AvgIpc) is 3.15. The monoisotopic (exact) mass is 738 g/mol. The molecular weight excluding hydrogens is 719 g/mol. The predicted molar refractivity (Wildman–Crippen MR) is 165 cm³/mol. The Balaban J connectivity index is 1.71. The predicted octanol–water partition coefficient (Wildman–Crippen LogP) is 8.05. The Kier molecular flexibility index (Phi) is 9.16. The van der Waals surface area contributed by atoms with E-state index in [1.165, 1.54) is 24.3 Å². The van der Waals surface area contributed by atoms with E-state index < -0.39 is 57.3 Å². The Hall–Kier alpha value is -4.03. The van der Waals surface area contributed by atoms with E-state index in [-0.39, 0.29) is 44.9 Å². The lowest BCUT2D eigenvalue weighted by Gasteiger charge is -2.28. The van der Waals surface area contributed by atoms with Gasteiger partial charge in [-0.1, -0.05) is 45.2 Å². The third-order valence-corrected chi connectivity index (χ3v) is 10.0. The van der Waals surface area contributed by atoms with Crippen molar-refractivity contribution in [1.29, 1.82) is 0 Å². The number of fused-ring (bicyclic) bond motifs is 1. The highest BCUT2D eigenvalue weighted by Gasteiger charge is 2.38. The number of allylic oxidation sites excluding steroid dienone is 1. The van der Waals surface area contributed by atoms with Crippen molar-refractivity contribution in [1.82, 2.24) is 4.31 Å². The van der Waals surface area contributed by atoms with Crippen LogP contribution < -0.4 is 5.32 Å². The van der Waals surface area contributed by atoms with Crippen LogP contribution in [0.3, 0.4) is 0 Å². The normalized spacial score (nSPS) is 15.2. The molecule has 1 atom stereocenters. The third-order valence-electron chi connectivity index (χ3n) is 7.38. The molecule has 0 spiro atoms. The lowest BCUT2D eigenvalue weighted by atomic mass is 9.86. The number of rotatable bonds is 5. The van der Waals surface area contributed by atoms with E-state index in [9.17, 15) is 40.0 Å². The maximum Gasteiger partial charge on any atom is 0.416 e. The summed E-state index contributed by atoms with van der Waals surface area (Å²) in [4.78, 5) is 25.5. The molecule has 6 nitrogen and oxygen atoms in total. The van der Waals surface area contributed by atoms with Crippen molar-refractivity contribution in [3.8, 4) is 0 Å². The lowest BCUT2D eigenvalue weighted by molar-refractivity contribution is -0.137. The second kappa shape index (κ2) is 12.6. The lowest BCUT2D eigenvalue weighted by Crippen LogP contribution is -2.34. The molecule has 0 saturated heterocycles. The summed E-state index contributed by atoms with van der Waals surface area (Å²) >= 11 is 9.83. The Morgan fingerprint density at radius 2 is 1.70 bits per heavy atom. The number of carbonyl (C=O) groups is 1. The van der Waals surface area contributed by atoms with Gasteiger partial charge < -0.3 is 5.32 Å². The molecule has 4 aromatic rings. The van der Waals surface area contributed by atoms with Gasteiger partial charge in [-0.25, -0.2) is 22.0 Å². The van der Waals surface area contributed by atoms with Crippen molar-refractivity contribution in [3.05, 3.63) is 133 Å². The van der Waals surface area contributed by atoms with Gasteiger partial charge in [0, 0.05) is 39.6 Å². The molecule has 1 aliphatic rings. The van der Waals surface area contributed by atoms with Crippen LogP contribution in [0.5, 0.6) is 0 Å². The summed E-state index contributed by atoms with van der Waals surface area (Å²) < 4.78 is 98.1. The van der Waals surface area contributed by atoms with Gasteiger partial charge in [-0.15, -0.1) is 0 Å². The van der Waals surface area contributed by atoms with Gasteiger partial charge in [-0.2, -0.15) is 13.2 Å². The van der Waals surface area contributed by atoms with Crippen LogP contribution in [0.25, 0.3) is 0 Å². The topological polar surface area (TPSA) is 83.6 Å². The number of nitrogens with zero attached hydrogens (tertiary/aromatic N) is 1. The molecule has 238 valence electrons. The van der Waals surface area contributed by atoms with Gasteiger partial charge in [0.25, 0.3) is 15.9 Å². The molecule has 0 aromatic heterocycles. The summed E-state index contributed by atoms with van der Waals surface area (Å²) in [5.41, 5.74) is -0.980. The van der Waals surface area contributed by atoms with Crippen LogP contribution in [-0.2, 0) is 27.4 Å². The molecule has 0 radical (unpaired) electrons. The Morgan fingerprint density at radius 1 is 1.00 bits per heavy atom. The molecule has 14 heteroatoms. The quantitative estimate of drug-likeness (QED) is 0.166. The van der Waals surface area contributed by atoms with Crippen LogP contribution in [0.2, 0.25) is 5.02 Å². The van der Waals surface area contributed by atoms with E-state index in [1.54, 1.807) is 31.1 Å². The number of hydrogen-bond acceptors (Lipinski definition) is 4. The van der Waals surface area contributed by atoms with Crippen LogP contribution in [0.15, 0.2) is 87.9 Å². The molecule has 1 unspecified atom stereocenters. The highest BCUT2D eigenvalue weighted by Crippen LogP contribution is 2.44. The molecule has 46 heavy (non-hydrogen) atoms. The highest BCUT2D eigenvalue weighted by molar-refractivity contribution is 9.10. The van der Waals surface area contributed by atoms with Gasteiger partial charge in [-0.05, 0) is 84.3 Å². The second-order valence-electron chi connectivity index (χ2n) is 10.5. The van der Waals surface area contributed by atoms with Crippen molar-refractivity contribution in [2.75, 3.05) is 11.9 Å². The summed E-state index contributed by atoms with van der Waals surface area (Å²) in [5, 5.41) is 2.53. The molecule has 0 aliphatic carbocycles. The third kappa shape index (κ3) is 6.73. The van der Waals surface area contributed by atoms with E-state index in [1.807, 2.05) is 0 Å². The summed E-state index contributed by atoms with van der Waals surface area (Å²) in [6, 6.07) is 13.6. The Labute approximate surface area is 273 Å². The number of carbonyl (C=O) groups excluding carboxylic acids is 2. The van der Waals surface area contributed by atoms with E-state index in [0.717, 1.165) is 22.0 Å². The standard InChI is InChI=1S/C32H21BrClF5N2O4S/c1-17-2-5-25(6-3-17)46(44,45)41-15-27(26-14-22(35)4-7-28(26)34)30-18(11-24(41)16-42)9-21(33)13-29(30)40-31(43)19-8-20(32(37,38)39)12-23(36)10-19/h2-10,12-14,27H,11,15H2,1H3,(H,40,43). The number of nitrogens with one attached hydrogen (secondary N) is 1. The fraction of sp³-hybridized carbons (Fsp3) is 0.156. The van der Waals surface area contributed by atoms with Crippen molar-refractivity contribution >= 4 is 55.1 Å². The number of halogens is 7. The average molecular weight is 740 g/mol. The minimum absolute atomic E-state index is 0.0302. The molecular formula is C32H21BrClF5N2O4S. The fourth-order valence-electron chi connectivity index (χ4n) is 5.25. The smallest absolute Gasteiger partial charge is 0.322 e. The van der Waals surface area contributed by atoms with Gasteiger partial charge in [0.15, 0.2) is 0 Å².